The Morgan fingerprint density at radius 3 is 2.33 bits per heavy atom. The van der Waals surface area contributed by atoms with Gasteiger partial charge in [0.1, 0.15) is 0 Å². The second-order valence-corrected chi connectivity index (χ2v) is 7.03. The summed E-state index contributed by atoms with van der Waals surface area (Å²) >= 11 is 6.55. The highest BCUT2D eigenvalue weighted by molar-refractivity contribution is 6.40. The largest absolute Gasteiger partial charge is 0.350 e. The Morgan fingerprint density at radius 1 is 0.800 bits per heavy atom. The van der Waals surface area contributed by atoms with Crippen LogP contribution in [0.1, 0.15) is 10.4 Å². The molecule has 0 aliphatic heterocycles. The van der Waals surface area contributed by atoms with E-state index in [9.17, 15) is 9.59 Å². The number of amides is 3. The smallest absolute Gasteiger partial charge is 0.319 e. The maximum Gasteiger partial charge on any atom is 0.319 e. The number of hydrogen-bond donors (Lipinski definition) is 3. The molecular weight excluding hydrogens is 400 g/mol. The Bertz CT molecular complexity index is 1230. The van der Waals surface area contributed by atoms with E-state index in [2.05, 4.69) is 20.9 Å². The third kappa shape index (κ3) is 4.18. The minimum atomic E-state index is -0.333. The summed E-state index contributed by atoms with van der Waals surface area (Å²) in [6, 6.07) is 21.7. The monoisotopic (exact) mass is 418 g/mol. The topological polar surface area (TPSA) is 83.1 Å². The molecule has 1 aromatic heterocycles. The Hall–Kier alpha value is -3.64. The third-order valence-electron chi connectivity index (χ3n) is 4.62. The first-order chi connectivity index (χ1) is 14.6. The van der Waals surface area contributed by atoms with Gasteiger partial charge in [0.05, 0.1) is 21.6 Å². The van der Waals surface area contributed by atoms with Crippen molar-refractivity contribution in [3.8, 4) is 0 Å². The van der Waals surface area contributed by atoms with E-state index in [1.807, 2.05) is 48.5 Å². The summed E-state index contributed by atoms with van der Waals surface area (Å²) in [4.78, 5) is 29.3. The van der Waals surface area contributed by atoms with Gasteiger partial charge in [-0.05, 0) is 24.3 Å². The summed E-state index contributed by atoms with van der Waals surface area (Å²) < 4.78 is 0. The number of carbonyl (C=O) groups excluding carboxylic acids is 2. The Morgan fingerprint density at radius 2 is 1.50 bits per heavy atom. The molecule has 0 saturated carbocycles. The van der Waals surface area contributed by atoms with E-state index in [1.165, 1.54) is 0 Å². The molecule has 0 bridgehead atoms. The van der Waals surface area contributed by atoms with E-state index >= 15 is 0 Å². The highest BCUT2D eigenvalue weighted by Crippen LogP contribution is 2.31. The van der Waals surface area contributed by atoms with Crippen LogP contribution < -0.4 is 16.0 Å². The Labute approximate surface area is 178 Å². The van der Waals surface area contributed by atoms with E-state index in [1.54, 1.807) is 24.3 Å². The number of nitrogens with one attached hydrogen (secondary N) is 3. The van der Waals surface area contributed by atoms with Crippen molar-refractivity contribution in [1.29, 1.82) is 0 Å². The lowest BCUT2D eigenvalue weighted by atomic mass is 10.1. The lowest BCUT2D eigenvalue weighted by molar-refractivity contribution is 0.0955. The van der Waals surface area contributed by atoms with E-state index in [0.717, 1.165) is 16.3 Å². The van der Waals surface area contributed by atoms with Crippen LogP contribution in [0.4, 0.5) is 10.5 Å². The molecular formula is C23H19ClN4O2. The first-order valence-electron chi connectivity index (χ1n) is 9.48. The first kappa shape index (κ1) is 19.7. The van der Waals surface area contributed by atoms with E-state index < -0.39 is 0 Å². The summed E-state index contributed by atoms with van der Waals surface area (Å²) in [5.41, 5.74) is 2.42. The molecule has 6 nitrogen and oxygen atoms in total. The first-order valence-corrected chi connectivity index (χ1v) is 9.86. The van der Waals surface area contributed by atoms with Gasteiger partial charge in [-0.2, -0.15) is 0 Å². The van der Waals surface area contributed by atoms with Gasteiger partial charge in [0, 0.05) is 29.5 Å². The number of nitrogens with zero attached hydrogens (tertiary/aromatic N) is 1. The zero-order chi connectivity index (χ0) is 20.9. The minimum Gasteiger partial charge on any atom is -0.350 e. The number of aromatic nitrogens is 1. The second-order valence-electron chi connectivity index (χ2n) is 6.65. The fraction of sp³-hybridized carbons (Fsp3) is 0.0870. The van der Waals surface area contributed by atoms with Crippen molar-refractivity contribution in [2.24, 2.45) is 0 Å². The van der Waals surface area contributed by atoms with Crippen molar-refractivity contribution in [1.82, 2.24) is 15.6 Å². The average Bonchev–Trinajstić information content (AvgIpc) is 2.77. The quantitative estimate of drug-likeness (QED) is 0.327. The maximum absolute atomic E-state index is 12.7. The number of halogens is 1. The summed E-state index contributed by atoms with van der Waals surface area (Å²) in [6.45, 7) is 0.561. The molecule has 0 aliphatic carbocycles. The van der Waals surface area contributed by atoms with Gasteiger partial charge in [0.25, 0.3) is 5.91 Å². The summed E-state index contributed by atoms with van der Waals surface area (Å²) in [5, 5.41) is 10.4. The summed E-state index contributed by atoms with van der Waals surface area (Å²) in [6.07, 6.45) is 0. The molecule has 0 fully saturated rings. The summed E-state index contributed by atoms with van der Waals surface area (Å²) in [7, 11) is 0. The van der Waals surface area contributed by atoms with Crippen LogP contribution in [0.2, 0.25) is 5.02 Å². The molecule has 30 heavy (non-hydrogen) atoms. The zero-order valence-corrected chi connectivity index (χ0v) is 16.7. The number of urea groups is 1. The number of carbonyl (C=O) groups is 2. The van der Waals surface area contributed by atoms with Crippen LogP contribution >= 0.6 is 11.6 Å². The van der Waals surface area contributed by atoms with Crippen molar-refractivity contribution in [3.05, 3.63) is 83.4 Å². The van der Waals surface area contributed by atoms with Crippen LogP contribution in [0.25, 0.3) is 21.8 Å². The minimum absolute atomic E-state index is 0.273. The molecule has 0 saturated heterocycles. The van der Waals surface area contributed by atoms with Crippen molar-refractivity contribution in [2.75, 3.05) is 18.4 Å². The van der Waals surface area contributed by atoms with Gasteiger partial charge < -0.3 is 16.0 Å². The molecule has 4 rings (SSSR count). The lowest BCUT2D eigenvalue weighted by Crippen LogP contribution is -2.36. The van der Waals surface area contributed by atoms with Gasteiger partial charge in [0.2, 0.25) is 0 Å². The fourth-order valence-corrected chi connectivity index (χ4v) is 3.50. The van der Waals surface area contributed by atoms with Gasteiger partial charge in [-0.25, -0.2) is 9.78 Å². The number of pyridine rings is 1. The lowest BCUT2D eigenvalue weighted by Gasteiger charge is -2.11. The summed E-state index contributed by atoms with van der Waals surface area (Å²) in [5.74, 6) is -0.273. The Kier molecular flexibility index (Phi) is 5.77. The number of rotatable bonds is 5. The highest BCUT2D eigenvalue weighted by atomic mass is 35.5. The maximum atomic E-state index is 12.7. The predicted molar refractivity (Wildman–Crippen MR) is 120 cm³/mol. The molecule has 7 heteroatoms. The highest BCUT2D eigenvalue weighted by Gasteiger charge is 2.14. The normalized spacial score (nSPS) is 10.7. The fourth-order valence-electron chi connectivity index (χ4n) is 3.19. The molecule has 150 valence electrons. The average molecular weight is 419 g/mol. The number of fused-ring (bicyclic) bond motifs is 2. The standard InChI is InChI=1S/C23H19ClN4O2/c24-20-16-9-4-5-12-19(16)28-21-17(20)10-6-11-18(21)22(29)25-13-14-26-23(30)27-15-7-2-1-3-8-15/h1-12H,13-14H2,(H,25,29)(H2,26,27,30). The molecule has 3 amide bonds. The van der Waals surface area contributed by atoms with Gasteiger partial charge >= 0.3 is 6.03 Å². The zero-order valence-electron chi connectivity index (χ0n) is 16.0. The van der Waals surface area contributed by atoms with Crippen molar-refractivity contribution < 1.29 is 9.59 Å². The molecule has 0 aliphatic rings. The number of anilines is 1. The van der Waals surface area contributed by atoms with Crippen molar-refractivity contribution >= 4 is 51.0 Å². The number of hydrogen-bond acceptors (Lipinski definition) is 3. The molecule has 0 spiro atoms. The SMILES string of the molecule is O=C(NCCNC(=O)c1cccc2c(Cl)c3ccccc3nc12)Nc1ccccc1. The van der Waals surface area contributed by atoms with Gasteiger partial charge in [-0.15, -0.1) is 0 Å². The van der Waals surface area contributed by atoms with Gasteiger partial charge in [-0.1, -0.05) is 60.1 Å². The van der Waals surface area contributed by atoms with Gasteiger partial charge in [-0.3, -0.25) is 4.79 Å². The van der Waals surface area contributed by atoms with E-state index in [0.29, 0.717) is 21.8 Å². The van der Waals surface area contributed by atoms with Crippen LogP contribution in [-0.2, 0) is 0 Å². The van der Waals surface area contributed by atoms with Gasteiger partial charge in [0.15, 0.2) is 0 Å². The molecule has 1 heterocycles. The third-order valence-corrected chi connectivity index (χ3v) is 5.02. The number of benzene rings is 3. The van der Waals surface area contributed by atoms with Crippen LogP contribution in [0.15, 0.2) is 72.8 Å². The molecule has 0 atom stereocenters. The predicted octanol–water partition coefficient (Wildman–Crippen LogP) is 4.59. The van der Waals surface area contributed by atoms with Crippen LogP contribution in [0, 0.1) is 0 Å². The second kappa shape index (κ2) is 8.80. The van der Waals surface area contributed by atoms with Crippen LogP contribution in [0.5, 0.6) is 0 Å². The molecule has 4 aromatic rings. The number of para-hydroxylation sites is 3. The van der Waals surface area contributed by atoms with E-state index in [-0.39, 0.29) is 25.0 Å². The molecule has 3 N–H and O–H groups in total. The van der Waals surface area contributed by atoms with Crippen molar-refractivity contribution in [2.45, 2.75) is 0 Å². The van der Waals surface area contributed by atoms with Crippen molar-refractivity contribution in [3.63, 3.8) is 0 Å². The Balaban J connectivity index is 1.42. The molecule has 3 aromatic carbocycles. The van der Waals surface area contributed by atoms with Crippen LogP contribution in [0.3, 0.4) is 0 Å². The molecule has 0 unspecified atom stereocenters. The van der Waals surface area contributed by atoms with E-state index in [4.69, 9.17) is 11.6 Å². The molecule has 0 radical (unpaired) electrons. The van der Waals surface area contributed by atoms with Crippen LogP contribution in [-0.4, -0.2) is 30.0 Å².